The quantitative estimate of drug-likeness (QED) is 0.721. The summed E-state index contributed by atoms with van der Waals surface area (Å²) >= 11 is 1.37. The summed E-state index contributed by atoms with van der Waals surface area (Å²) in [6.07, 6.45) is 3.14. The molecule has 1 aliphatic heterocycles. The number of carbonyl (C=O) groups excluding carboxylic acids is 1. The molecule has 0 aliphatic carbocycles. The lowest BCUT2D eigenvalue weighted by molar-refractivity contribution is 0.0972. The van der Waals surface area contributed by atoms with Crippen LogP contribution in [0.15, 0.2) is 46.6 Å². The summed E-state index contributed by atoms with van der Waals surface area (Å²) in [6.45, 7) is 0.719. The van der Waals surface area contributed by atoms with Gasteiger partial charge in [-0.05, 0) is 18.2 Å². The van der Waals surface area contributed by atoms with Crippen LogP contribution in [0.2, 0.25) is 0 Å². The Balaban J connectivity index is 1.66. The number of halogens is 1. The molecule has 0 saturated carbocycles. The van der Waals surface area contributed by atoms with Crippen molar-refractivity contribution in [3.8, 4) is 16.3 Å². The van der Waals surface area contributed by atoms with Crippen LogP contribution in [-0.2, 0) is 0 Å². The second kappa shape index (κ2) is 5.51. The number of hydrogen-bond acceptors (Lipinski definition) is 5. The Morgan fingerprint density at radius 1 is 1.35 bits per heavy atom. The number of furan rings is 1. The van der Waals surface area contributed by atoms with Crippen molar-refractivity contribution in [2.24, 2.45) is 0 Å². The van der Waals surface area contributed by atoms with Crippen molar-refractivity contribution in [2.75, 3.05) is 18.1 Å². The smallest absolute Gasteiger partial charge is 0.277 e. The van der Waals surface area contributed by atoms with Gasteiger partial charge in [-0.15, -0.1) is 11.3 Å². The number of rotatable bonds is 2. The number of ether oxygens (including phenoxy) is 1. The van der Waals surface area contributed by atoms with Crippen LogP contribution in [0.5, 0.6) is 5.75 Å². The zero-order valence-electron chi connectivity index (χ0n) is 11.9. The third-order valence-electron chi connectivity index (χ3n) is 3.52. The van der Waals surface area contributed by atoms with Gasteiger partial charge in [0.05, 0.1) is 18.5 Å². The Morgan fingerprint density at radius 3 is 3.09 bits per heavy atom. The molecular weight excluding hydrogens is 319 g/mol. The monoisotopic (exact) mass is 330 g/mol. The third kappa shape index (κ3) is 2.49. The van der Waals surface area contributed by atoms with Crippen molar-refractivity contribution in [1.29, 1.82) is 0 Å². The standard InChI is InChI=1S/C16H11FN2O3S/c17-11-1-2-13-14(7-11)22-6-4-19(13)16(20)12-9-23-15(18-12)10-3-5-21-8-10/h1-3,5,7-9H,4,6H2. The van der Waals surface area contributed by atoms with Gasteiger partial charge in [0, 0.05) is 17.0 Å². The second-order valence-electron chi connectivity index (χ2n) is 4.97. The third-order valence-corrected chi connectivity index (χ3v) is 4.41. The van der Waals surface area contributed by atoms with Crippen LogP contribution in [0.3, 0.4) is 0 Å². The molecule has 0 N–H and O–H groups in total. The molecule has 0 unspecified atom stereocenters. The lowest BCUT2D eigenvalue weighted by Gasteiger charge is -2.28. The van der Waals surface area contributed by atoms with E-state index in [1.165, 1.54) is 23.5 Å². The minimum Gasteiger partial charge on any atom is -0.489 e. The van der Waals surface area contributed by atoms with E-state index >= 15 is 0 Å². The number of nitrogens with zero attached hydrogens (tertiary/aromatic N) is 2. The lowest BCUT2D eigenvalue weighted by Crippen LogP contribution is -2.38. The zero-order valence-corrected chi connectivity index (χ0v) is 12.7. The molecule has 0 fully saturated rings. The molecule has 0 atom stereocenters. The Labute approximate surface area is 134 Å². The van der Waals surface area contributed by atoms with Crippen molar-refractivity contribution < 1.29 is 18.3 Å². The van der Waals surface area contributed by atoms with Gasteiger partial charge in [-0.1, -0.05) is 0 Å². The van der Waals surface area contributed by atoms with Gasteiger partial charge in [0.2, 0.25) is 0 Å². The highest BCUT2D eigenvalue weighted by atomic mass is 32.1. The lowest BCUT2D eigenvalue weighted by atomic mass is 10.2. The van der Waals surface area contributed by atoms with Gasteiger partial charge < -0.3 is 14.1 Å². The molecule has 0 saturated heterocycles. The summed E-state index contributed by atoms with van der Waals surface area (Å²) in [5.74, 6) is -0.254. The number of hydrogen-bond donors (Lipinski definition) is 0. The fraction of sp³-hybridized carbons (Fsp3) is 0.125. The molecule has 2 aromatic heterocycles. The average Bonchev–Trinajstić information content (AvgIpc) is 3.24. The van der Waals surface area contributed by atoms with Gasteiger partial charge in [-0.2, -0.15) is 0 Å². The van der Waals surface area contributed by atoms with E-state index in [-0.39, 0.29) is 5.91 Å². The summed E-state index contributed by atoms with van der Waals surface area (Å²) in [6, 6.07) is 5.93. The minimum absolute atomic E-state index is 0.229. The van der Waals surface area contributed by atoms with E-state index in [4.69, 9.17) is 9.15 Å². The fourth-order valence-corrected chi connectivity index (χ4v) is 3.21. The first-order valence-electron chi connectivity index (χ1n) is 6.95. The predicted octanol–water partition coefficient (Wildman–Crippen LogP) is 3.58. The summed E-state index contributed by atoms with van der Waals surface area (Å²) in [4.78, 5) is 18.7. The molecule has 7 heteroatoms. The van der Waals surface area contributed by atoms with Crippen LogP contribution < -0.4 is 9.64 Å². The van der Waals surface area contributed by atoms with Gasteiger partial charge in [0.15, 0.2) is 0 Å². The topological polar surface area (TPSA) is 55.6 Å². The molecule has 1 aliphatic rings. The van der Waals surface area contributed by atoms with E-state index < -0.39 is 5.82 Å². The van der Waals surface area contributed by atoms with Crippen LogP contribution >= 0.6 is 11.3 Å². The Morgan fingerprint density at radius 2 is 2.26 bits per heavy atom. The molecular formula is C16H11FN2O3S. The van der Waals surface area contributed by atoms with E-state index in [1.54, 1.807) is 34.9 Å². The highest BCUT2D eigenvalue weighted by Crippen LogP contribution is 2.33. The van der Waals surface area contributed by atoms with Crippen molar-refractivity contribution in [1.82, 2.24) is 4.98 Å². The Bertz CT molecular complexity index is 860. The largest absolute Gasteiger partial charge is 0.489 e. The van der Waals surface area contributed by atoms with Gasteiger partial charge >= 0.3 is 0 Å². The van der Waals surface area contributed by atoms with Crippen LogP contribution in [-0.4, -0.2) is 24.0 Å². The van der Waals surface area contributed by atoms with Crippen molar-refractivity contribution in [3.05, 3.63) is 53.7 Å². The first-order chi connectivity index (χ1) is 11.2. The first kappa shape index (κ1) is 14.0. The van der Waals surface area contributed by atoms with Crippen molar-refractivity contribution >= 4 is 22.9 Å². The second-order valence-corrected chi connectivity index (χ2v) is 5.83. The normalized spacial score (nSPS) is 13.5. The number of amides is 1. The highest BCUT2D eigenvalue weighted by Gasteiger charge is 2.26. The van der Waals surface area contributed by atoms with Gasteiger partial charge in [0.25, 0.3) is 5.91 Å². The number of anilines is 1. The number of fused-ring (bicyclic) bond motifs is 1. The van der Waals surface area contributed by atoms with E-state index in [0.29, 0.717) is 30.3 Å². The summed E-state index contributed by atoms with van der Waals surface area (Å²) in [7, 11) is 0. The van der Waals surface area contributed by atoms with Crippen LogP contribution in [0.25, 0.3) is 10.6 Å². The molecule has 1 aromatic carbocycles. The molecule has 4 rings (SSSR count). The SMILES string of the molecule is O=C(c1csc(-c2ccoc2)n1)N1CCOc2cc(F)ccc21. The van der Waals surface area contributed by atoms with Crippen molar-refractivity contribution in [3.63, 3.8) is 0 Å². The highest BCUT2D eigenvalue weighted by molar-refractivity contribution is 7.13. The van der Waals surface area contributed by atoms with Crippen LogP contribution in [0, 0.1) is 5.82 Å². The van der Waals surface area contributed by atoms with Crippen LogP contribution in [0.4, 0.5) is 10.1 Å². The van der Waals surface area contributed by atoms with Gasteiger partial charge in [-0.3, -0.25) is 4.79 Å². The maximum absolute atomic E-state index is 13.3. The first-order valence-corrected chi connectivity index (χ1v) is 7.82. The fourth-order valence-electron chi connectivity index (χ4n) is 2.43. The molecule has 3 aromatic rings. The molecule has 0 bridgehead atoms. The Kier molecular flexibility index (Phi) is 3.34. The maximum atomic E-state index is 13.3. The summed E-state index contributed by atoms with van der Waals surface area (Å²) in [5, 5.41) is 2.43. The molecule has 0 spiro atoms. The van der Waals surface area contributed by atoms with E-state index in [0.717, 1.165) is 10.6 Å². The van der Waals surface area contributed by atoms with E-state index in [2.05, 4.69) is 4.98 Å². The number of benzene rings is 1. The molecule has 3 heterocycles. The number of thiazole rings is 1. The molecule has 23 heavy (non-hydrogen) atoms. The predicted molar refractivity (Wildman–Crippen MR) is 83.4 cm³/mol. The van der Waals surface area contributed by atoms with Gasteiger partial charge in [-0.25, -0.2) is 9.37 Å². The van der Waals surface area contributed by atoms with Crippen LogP contribution in [0.1, 0.15) is 10.5 Å². The molecule has 1 amide bonds. The average molecular weight is 330 g/mol. The Hall–Kier alpha value is -2.67. The molecule has 5 nitrogen and oxygen atoms in total. The maximum Gasteiger partial charge on any atom is 0.277 e. The van der Waals surface area contributed by atoms with E-state index in [9.17, 15) is 9.18 Å². The molecule has 0 radical (unpaired) electrons. The van der Waals surface area contributed by atoms with Crippen molar-refractivity contribution in [2.45, 2.75) is 0 Å². The number of aromatic nitrogens is 1. The number of carbonyl (C=O) groups is 1. The summed E-state index contributed by atoms with van der Waals surface area (Å²) < 4.78 is 23.8. The van der Waals surface area contributed by atoms with Gasteiger partial charge in [0.1, 0.15) is 35.1 Å². The minimum atomic E-state index is -0.394. The van der Waals surface area contributed by atoms with E-state index in [1.807, 2.05) is 0 Å². The molecule has 116 valence electrons. The zero-order chi connectivity index (χ0) is 15.8. The summed E-state index contributed by atoms with van der Waals surface area (Å²) in [5.41, 5.74) is 1.74.